The zero-order valence-electron chi connectivity index (χ0n) is 7.80. The van der Waals surface area contributed by atoms with Gasteiger partial charge in [-0.1, -0.05) is 19.1 Å². The first-order valence-electron chi connectivity index (χ1n) is 4.29. The topological polar surface area (TPSA) is 38.0 Å². The van der Waals surface area contributed by atoms with Crippen LogP contribution >= 0.6 is 0 Å². The summed E-state index contributed by atoms with van der Waals surface area (Å²) in [4.78, 5) is 0. The van der Waals surface area contributed by atoms with Crippen molar-refractivity contribution < 1.29 is 0 Å². The van der Waals surface area contributed by atoms with E-state index in [1.807, 2.05) is 14.0 Å². The van der Waals surface area contributed by atoms with Crippen LogP contribution in [0.25, 0.3) is 0 Å². The second-order valence-corrected chi connectivity index (χ2v) is 2.82. The molecular formula is C9H20N2. The average Bonchev–Trinajstić information content (AvgIpc) is 2.00. The standard InChI is InChI=1S/C9H20N2/c1-4-6-8(5-2)9(10)7-11-3/h4,6,8-9,11H,5,7,10H2,1-3H3. The highest BCUT2D eigenvalue weighted by Gasteiger charge is 2.10. The van der Waals surface area contributed by atoms with Crippen molar-refractivity contribution in [1.82, 2.24) is 5.32 Å². The van der Waals surface area contributed by atoms with Crippen LogP contribution in [0.1, 0.15) is 20.3 Å². The highest BCUT2D eigenvalue weighted by molar-refractivity contribution is 4.91. The summed E-state index contributed by atoms with van der Waals surface area (Å²) in [7, 11) is 1.93. The Morgan fingerprint density at radius 3 is 2.55 bits per heavy atom. The Hall–Kier alpha value is -0.340. The first-order valence-corrected chi connectivity index (χ1v) is 4.29. The van der Waals surface area contributed by atoms with Gasteiger partial charge in [-0.15, -0.1) is 0 Å². The van der Waals surface area contributed by atoms with Gasteiger partial charge < -0.3 is 11.1 Å². The molecule has 0 heterocycles. The van der Waals surface area contributed by atoms with E-state index in [-0.39, 0.29) is 6.04 Å². The molecule has 2 atom stereocenters. The van der Waals surface area contributed by atoms with E-state index in [4.69, 9.17) is 5.73 Å². The molecule has 0 bridgehead atoms. The minimum absolute atomic E-state index is 0.251. The zero-order chi connectivity index (χ0) is 8.69. The van der Waals surface area contributed by atoms with Crippen molar-refractivity contribution >= 4 is 0 Å². The van der Waals surface area contributed by atoms with E-state index in [1.54, 1.807) is 0 Å². The summed E-state index contributed by atoms with van der Waals surface area (Å²) in [6.45, 7) is 5.10. The van der Waals surface area contributed by atoms with E-state index in [2.05, 4.69) is 24.4 Å². The SMILES string of the molecule is CC=CC(CC)C(N)CNC. The molecular weight excluding hydrogens is 136 g/mol. The predicted octanol–water partition coefficient (Wildman–Crippen LogP) is 1.14. The lowest BCUT2D eigenvalue weighted by molar-refractivity contribution is 0.470. The summed E-state index contributed by atoms with van der Waals surface area (Å²) in [5.41, 5.74) is 5.91. The Labute approximate surface area is 69.9 Å². The predicted molar refractivity (Wildman–Crippen MR) is 50.5 cm³/mol. The van der Waals surface area contributed by atoms with Gasteiger partial charge in [0.05, 0.1) is 0 Å². The van der Waals surface area contributed by atoms with Crippen molar-refractivity contribution in [2.45, 2.75) is 26.3 Å². The van der Waals surface area contributed by atoms with Gasteiger partial charge in [0.25, 0.3) is 0 Å². The molecule has 0 rings (SSSR count). The van der Waals surface area contributed by atoms with E-state index in [0.717, 1.165) is 13.0 Å². The Balaban J connectivity index is 3.80. The summed E-state index contributed by atoms with van der Waals surface area (Å²) in [6.07, 6.45) is 5.37. The van der Waals surface area contributed by atoms with E-state index in [1.165, 1.54) is 0 Å². The number of hydrogen-bond acceptors (Lipinski definition) is 2. The van der Waals surface area contributed by atoms with Crippen LogP contribution in [0.5, 0.6) is 0 Å². The maximum absolute atomic E-state index is 5.91. The third-order valence-electron chi connectivity index (χ3n) is 1.90. The van der Waals surface area contributed by atoms with Crippen LogP contribution in [0.2, 0.25) is 0 Å². The molecule has 0 saturated carbocycles. The quantitative estimate of drug-likeness (QED) is 0.586. The lowest BCUT2D eigenvalue weighted by Crippen LogP contribution is -2.37. The zero-order valence-corrected chi connectivity index (χ0v) is 7.80. The molecule has 2 unspecified atom stereocenters. The molecule has 3 N–H and O–H groups in total. The Kier molecular flexibility index (Phi) is 6.18. The number of likely N-dealkylation sites (N-methyl/N-ethyl adjacent to an activating group) is 1. The van der Waals surface area contributed by atoms with Gasteiger partial charge in [0.2, 0.25) is 0 Å². The number of allylic oxidation sites excluding steroid dienone is 1. The number of nitrogens with two attached hydrogens (primary N) is 1. The van der Waals surface area contributed by atoms with Crippen molar-refractivity contribution in [3.8, 4) is 0 Å². The van der Waals surface area contributed by atoms with Crippen LogP contribution in [0.15, 0.2) is 12.2 Å². The highest BCUT2D eigenvalue weighted by atomic mass is 14.9. The summed E-state index contributed by atoms with van der Waals surface area (Å²) in [6, 6.07) is 0.251. The van der Waals surface area contributed by atoms with Gasteiger partial charge in [-0.25, -0.2) is 0 Å². The molecule has 11 heavy (non-hydrogen) atoms. The fourth-order valence-corrected chi connectivity index (χ4v) is 1.22. The minimum Gasteiger partial charge on any atom is -0.326 e. The Bertz CT molecular complexity index is 110. The molecule has 0 radical (unpaired) electrons. The summed E-state index contributed by atoms with van der Waals surface area (Å²) in [5, 5.41) is 3.08. The second kappa shape index (κ2) is 6.38. The maximum Gasteiger partial charge on any atom is 0.0228 e. The fourth-order valence-electron chi connectivity index (χ4n) is 1.22. The van der Waals surface area contributed by atoms with E-state index >= 15 is 0 Å². The summed E-state index contributed by atoms with van der Waals surface area (Å²) in [5.74, 6) is 0.521. The molecule has 0 aliphatic rings. The molecule has 0 spiro atoms. The molecule has 0 aromatic carbocycles. The minimum atomic E-state index is 0.251. The third kappa shape index (κ3) is 4.17. The van der Waals surface area contributed by atoms with Crippen molar-refractivity contribution in [1.29, 1.82) is 0 Å². The highest BCUT2D eigenvalue weighted by Crippen LogP contribution is 2.07. The Morgan fingerprint density at radius 1 is 1.55 bits per heavy atom. The van der Waals surface area contributed by atoms with Crippen LogP contribution in [0, 0.1) is 5.92 Å². The molecule has 2 nitrogen and oxygen atoms in total. The number of nitrogens with one attached hydrogen (secondary N) is 1. The molecule has 0 aromatic heterocycles. The number of hydrogen-bond donors (Lipinski definition) is 2. The molecule has 0 fully saturated rings. The van der Waals surface area contributed by atoms with Crippen LogP contribution in [-0.2, 0) is 0 Å². The second-order valence-electron chi connectivity index (χ2n) is 2.82. The molecule has 2 heteroatoms. The lowest BCUT2D eigenvalue weighted by Gasteiger charge is -2.18. The normalized spacial score (nSPS) is 17.1. The average molecular weight is 156 g/mol. The molecule has 0 aliphatic carbocycles. The van der Waals surface area contributed by atoms with Crippen LogP contribution in [-0.4, -0.2) is 19.6 Å². The Morgan fingerprint density at radius 2 is 2.18 bits per heavy atom. The van der Waals surface area contributed by atoms with Gasteiger partial charge in [0.1, 0.15) is 0 Å². The van der Waals surface area contributed by atoms with Gasteiger partial charge in [-0.3, -0.25) is 0 Å². The smallest absolute Gasteiger partial charge is 0.0228 e. The molecule has 66 valence electrons. The molecule has 0 amide bonds. The van der Waals surface area contributed by atoms with Crippen molar-refractivity contribution in [2.24, 2.45) is 11.7 Å². The van der Waals surface area contributed by atoms with Crippen molar-refractivity contribution in [3.05, 3.63) is 12.2 Å². The number of rotatable bonds is 5. The van der Waals surface area contributed by atoms with Crippen LogP contribution < -0.4 is 11.1 Å². The fraction of sp³-hybridized carbons (Fsp3) is 0.778. The molecule has 0 saturated heterocycles. The lowest BCUT2D eigenvalue weighted by atomic mass is 9.97. The largest absolute Gasteiger partial charge is 0.326 e. The van der Waals surface area contributed by atoms with E-state index in [0.29, 0.717) is 5.92 Å². The monoisotopic (exact) mass is 156 g/mol. The third-order valence-corrected chi connectivity index (χ3v) is 1.90. The van der Waals surface area contributed by atoms with E-state index in [9.17, 15) is 0 Å². The van der Waals surface area contributed by atoms with Gasteiger partial charge in [0, 0.05) is 12.6 Å². The summed E-state index contributed by atoms with van der Waals surface area (Å²) >= 11 is 0. The summed E-state index contributed by atoms with van der Waals surface area (Å²) < 4.78 is 0. The van der Waals surface area contributed by atoms with Crippen molar-refractivity contribution in [3.63, 3.8) is 0 Å². The first-order chi connectivity index (χ1) is 5.26. The first kappa shape index (κ1) is 10.7. The van der Waals surface area contributed by atoms with Gasteiger partial charge in [-0.05, 0) is 26.3 Å². The van der Waals surface area contributed by atoms with Gasteiger partial charge in [-0.2, -0.15) is 0 Å². The van der Waals surface area contributed by atoms with Crippen molar-refractivity contribution in [2.75, 3.05) is 13.6 Å². The molecule has 0 aromatic rings. The van der Waals surface area contributed by atoms with Crippen LogP contribution in [0.3, 0.4) is 0 Å². The van der Waals surface area contributed by atoms with E-state index < -0.39 is 0 Å². The van der Waals surface area contributed by atoms with Crippen LogP contribution in [0.4, 0.5) is 0 Å². The molecule has 0 aliphatic heterocycles. The van der Waals surface area contributed by atoms with Gasteiger partial charge >= 0.3 is 0 Å². The van der Waals surface area contributed by atoms with Gasteiger partial charge in [0.15, 0.2) is 0 Å². The maximum atomic E-state index is 5.91.